The Kier molecular flexibility index (Phi) is 6.45. The van der Waals surface area contributed by atoms with Gasteiger partial charge in [-0.2, -0.15) is 0 Å². The van der Waals surface area contributed by atoms with Gasteiger partial charge in [-0.1, -0.05) is 19.8 Å². The van der Waals surface area contributed by atoms with Crippen LogP contribution < -0.4 is 10.6 Å². The van der Waals surface area contributed by atoms with E-state index in [0.29, 0.717) is 31.7 Å². The molecule has 0 unspecified atom stereocenters. The first-order valence-corrected chi connectivity index (χ1v) is 8.51. The highest BCUT2D eigenvalue weighted by Gasteiger charge is 2.21. The second-order valence-electron chi connectivity index (χ2n) is 5.63. The zero-order valence-electron chi connectivity index (χ0n) is 12.9. The Morgan fingerprint density at radius 1 is 1.43 bits per heavy atom. The minimum Gasteiger partial charge on any atom is -0.376 e. The van der Waals surface area contributed by atoms with Crippen LogP contribution in [-0.4, -0.2) is 30.3 Å². The number of aromatic nitrogens is 1. The van der Waals surface area contributed by atoms with Crippen molar-refractivity contribution in [2.75, 3.05) is 13.2 Å². The molecule has 0 radical (unpaired) electrons. The van der Waals surface area contributed by atoms with Crippen LogP contribution in [0.2, 0.25) is 0 Å². The van der Waals surface area contributed by atoms with Gasteiger partial charge in [0.05, 0.1) is 24.3 Å². The number of nitrogens with one attached hydrogen (secondary N) is 2. The maximum atomic E-state index is 11.6. The Hall–Kier alpha value is -1.14. The van der Waals surface area contributed by atoms with E-state index in [-0.39, 0.29) is 6.03 Å². The van der Waals surface area contributed by atoms with E-state index in [9.17, 15) is 4.79 Å². The highest BCUT2D eigenvalue weighted by molar-refractivity contribution is 7.11. The molecule has 2 rings (SSSR count). The standard InChI is InChI=1S/C15H25N3O2S/c1-11-5-3-4-6-14(11)20-8-7-16-15(19)18-10-13-9-17-12(2)21-13/h9,11,14H,3-8,10H2,1-2H3,(H2,16,18,19)/t11-,14+/m1/s1. The summed E-state index contributed by atoms with van der Waals surface area (Å²) in [6, 6.07) is -0.152. The lowest BCUT2D eigenvalue weighted by atomic mass is 9.88. The summed E-state index contributed by atoms with van der Waals surface area (Å²) in [4.78, 5) is 16.9. The Bertz CT molecular complexity index is 450. The first kappa shape index (κ1) is 16.2. The average molecular weight is 311 g/mol. The molecule has 2 N–H and O–H groups in total. The predicted molar refractivity (Wildman–Crippen MR) is 84.5 cm³/mol. The first-order chi connectivity index (χ1) is 10.1. The Morgan fingerprint density at radius 3 is 2.95 bits per heavy atom. The van der Waals surface area contributed by atoms with Crippen molar-refractivity contribution in [2.24, 2.45) is 5.92 Å². The molecule has 2 atom stereocenters. The summed E-state index contributed by atoms with van der Waals surface area (Å²) in [5.41, 5.74) is 0. The fourth-order valence-electron chi connectivity index (χ4n) is 2.62. The lowest BCUT2D eigenvalue weighted by Crippen LogP contribution is -2.37. The molecule has 0 aliphatic heterocycles. The van der Waals surface area contributed by atoms with Gasteiger partial charge in [-0.05, 0) is 25.7 Å². The van der Waals surface area contributed by atoms with Gasteiger partial charge in [0.1, 0.15) is 0 Å². The summed E-state index contributed by atoms with van der Waals surface area (Å²) < 4.78 is 5.86. The summed E-state index contributed by atoms with van der Waals surface area (Å²) in [7, 11) is 0. The molecule has 6 heteroatoms. The Labute approximate surface area is 130 Å². The smallest absolute Gasteiger partial charge is 0.315 e. The van der Waals surface area contributed by atoms with Crippen molar-refractivity contribution in [1.29, 1.82) is 0 Å². The van der Waals surface area contributed by atoms with Crippen molar-refractivity contribution in [1.82, 2.24) is 15.6 Å². The predicted octanol–water partition coefficient (Wildman–Crippen LogP) is 2.85. The van der Waals surface area contributed by atoms with Gasteiger partial charge in [-0.3, -0.25) is 0 Å². The third-order valence-corrected chi connectivity index (χ3v) is 4.76. The van der Waals surface area contributed by atoms with E-state index in [2.05, 4.69) is 22.5 Å². The van der Waals surface area contributed by atoms with Gasteiger partial charge in [0.15, 0.2) is 0 Å². The van der Waals surface area contributed by atoms with Crippen LogP contribution in [0.25, 0.3) is 0 Å². The summed E-state index contributed by atoms with van der Waals surface area (Å²) in [6.45, 7) is 5.87. The largest absolute Gasteiger partial charge is 0.376 e. The molecule has 21 heavy (non-hydrogen) atoms. The van der Waals surface area contributed by atoms with Crippen molar-refractivity contribution >= 4 is 17.4 Å². The van der Waals surface area contributed by atoms with E-state index >= 15 is 0 Å². The highest BCUT2D eigenvalue weighted by Crippen LogP contribution is 2.25. The molecule has 5 nitrogen and oxygen atoms in total. The number of amides is 2. The van der Waals surface area contributed by atoms with E-state index in [1.54, 1.807) is 17.5 Å². The van der Waals surface area contributed by atoms with Gasteiger partial charge in [0, 0.05) is 17.6 Å². The van der Waals surface area contributed by atoms with E-state index < -0.39 is 0 Å². The van der Waals surface area contributed by atoms with Crippen LogP contribution in [0.1, 0.15) is 42.5 Å². The summed E-state index contributed by atoms with van der Waals surface area (Å²) in [6.07, 6.45) is 7.15. The number of thiazole rings is 1. The van der Waals surface area contributed by atoms with E-state index in [1.165, 1.54) is 19.3 Å². The summed E-state index contributed by atoms with van der Waals surface area (Å²) in [5.74, 6) is 0.641. The summed E-state index contributed by atoms with van der Waals surface area (Å²) >= 11 is 1.60. The van der Waals surface area contributed by atoms with Gasteiger partial charge in [-0.15, -0.1) is 11.3 Å². The molecule has 1 fully saturated rings. The van der Waals surface area contributed by atoms with Gasteiger partial charge in [0.2, 0.25) is 0 Å². The van der Waals surface area contributed by atoms with Crippen molar-refractivity contribution in [3.8, 4) is 0 Å². The van der Waals surface area contributed by atoms with Crippen LogP contribution in [0.3, 0.4) is 0 Å². The number of hydrogen-bond acceptors (Lipinski definition) is 4. The number of carbonyl (C=O) groups is 1. The molecular weight excluding hydrogens is 286 g/mol. The fraction of sp³-hybridized carbons (Fsp3) is 0.733. The minimum absolute atomic E-state index is 0.152. The number of nitrogens with zero attached hydrogens (tertiary/aromatic N) is 1. The number of aryl methyl sites for hydroxylation is 1. The molecule has 2 amide bonds. The van der Waals surface area contributed by atoms with Crippen LogP contribution in [0.15, 0.2) is 6.20 Å². The maximum Gasteiger partial charge on any atom is 0.315 e. The summed E-state index contributed by atoms with van der Waals surface area (Å²) in [5, 5.41) is 6.66. The van der Waals surface area contributed by atoms with Crippen LogP contribution in [0, 0.1) is 12.8 Å². The molecule has 1 saturated carbocycles. The van der Waals surface area contributed by atoms with Crippen LogP contribution >= 0.6 is 11.3 Å². The van der Waals surface area contributed by atoms with Crippen molar-refractivity contribution in [3.63, 3.8) is 0 Å². The quantitative estimate of drug-likeness (QED) is 0.794. The molecule has 1 aliphatic carbocycles. The van der Waals surface area contributed by atoms with E-state index in [4.69, 9.17) is 4.74 Å². The first-order valence-electron chi connectivity index (χ1n) is 7.70. The zero-order valence-corrected chi connectivity index (χ0v) is 13.7. The molecule has 0 aromatic carbocycles. The second kappa shape index (κ2) is 8.34. The molecule has 1 aromatic heterocycles. The van der Waals surface area contributed by atoms with Crippen molar-refractivity contribution < 1.29 is 9.53 Å². The Balaban J connectivity index is 1.54. The molecule has 0 spiro atoms. The van der Waals surface area contributed by atoms with E-state index in [0.717, 1.165) is 16.3 Å². The molecule has 1 heterocycles. The molecular formula is C15H25N3O2S. The average Bonchev–Trinajstić information content (AvgIpc) is 2.89. The lowest BCUT2D eigenvalue weighted by molar-refractivity contribution is -0.00243. The topological polar surface area (TPSA) is 63.2 Å². The van der Waals surface area contributed by atoms with Gasteiger partial charge in [-0.25, -0.2) is 9.78 Å². The Morgan fingerprint density at radius 2 is 2.24 bits per heavy atom. The van der Waals surface area contributed by atoms with Gasteiger partial charge < -0.3 is 15.4 Å². The maximum absolute atomic E-state index is 11.6. The normalized spacial score (nSPS) is 22.0. The van der Waals surface area contributed by atoms with Crippen LogP contribution in [0.4, 0.5) is 4.79 Å². The van der Waals surface area contributed by atoms with E-state index in [1.807, 2.05) is 6.92 Å². The number of ether oxygens (including phenoxy) is 1. The molecule has 1 aliphatic rings. The SMILES string of the molecule is Cc1ncc(CNC(=O)NCCO[C@H]2CCCC[C@H]2C)s1. The number of hydrogen-bond donors (Lipinski definition) is 2. The third kappa shape index (κ3) is 5.63. The van der Waals surface area contributed by atoms with Crippen molar-refractivity contribution in [2.45, 2.75) is 52.2 Å². The molecule has 118 valence electrons. The number of carbonyl (C=O) groups excluding carboxylic acids is 1. The minimum atomic E-state index is -0.152. The monoisotopic (exact) mass is 311 g/mol. The lowest BCUT2D eigenvalue weighted by Gasteiger charge is -2.28. The molecule has 1 aromatic rings. The number of rotatable bonds is 6. The van der Waals surface area contributed by atoms with Crippen LogP contribution in [-0.2, 0) is 11.3 Å². The van der Waals surface area contributed by atoms with Crippen molar-refractivity contribution in [3.05, 3.63) is 16.1 Å². The molecule has 0 saturated heterocycles. The second-order valence-corrected chi connectivity index (χ2v) is 6.95. The third-order valence-electron chi connectivity index (χ3n) is 3.84. The number of urea groups is 1. The van der Waals surface area contributed by atoms with Gasteiger partial charge >= 0.3 is 6.03 Å². The zero-order chi connectivity index (χ0) is 15.1. The van der Waals surface area contributed by atoms with Crippen LogP contribution in [0.5, 0.6) is 0 Å². The fourth-order valence-corrected chi connectivity index (χ4v) is 3.36. The molecule has 0 bridgehead atoms. The highest BCUT2D eigenvalue weighted by atomic mass is 32.1. The van der Waals surface area contributed by atoms with Gasteiger partial charge in [0.25, 0.3) is 0 Å².